The maximum atomic E-state index is 12.4. The summed E-state index contributed by atoms with van der Waals surface area (Å²) >= 11 is 11.9. The summed E-state index contributed by atoms with van der Waals surface area (Å²) in [4.78, 5) is 24.5. The van der Waals surface area contributed by atoms with Crippen molar-refractivity contribution in [1.29, 1.82) is 0 Å². The Hall–Kier alpha value is -2.62. The van der Waals surface area contributed by atoms with Crippen LogP contribution >= 0.6 is 23.2 Å². The van der Waals surface area contributed by atoms with Gasteiger partial charge in [-0.1, -0.05) is 71.7 Å². The van der Waals surface area contributed by atoms with Crippen LogP contribution in [0.2, 0.25) is 10.0 Å². The molecule has 0 fully saturated rings. The highest BCUT2D eigenvalue weighted by atomic mass is 35.5. The predicted molar refractivity (Wildman–Crippen MR) is 102 cm³/mol. The summed E-state index contributed by atoms with van der Waals surface area (Å²) in [5, 5.41) is 0.956. The van der Waals surface area contributed by atoms with E-state index in [9.17, 15) is 9.59 Å². The Labute approximate surface area is 161 Å². The van der Waals surface area contributed by atoms with E-state index in [0.717, 1.165) is 0 Å². The molecule has 3 aromatic rings. The van der Waals surface area contributed by atoms with E-state index in [2.05, 4.69) is 0 Å². The zero-order valence-electron chi connectivity index (χ0n) is 13.6. The number of halogens is 2. The minimum absolute atomic E-state index is 0.0412. The number of carbonyl (C=O) groups excluding carboxylic acids is 2. The van der Waals surface area contributed by atoms with Crippen LogP contribution in [0.4, 0.5) is 0 Å². The van der Waals surface area contributed by atoms with E-state index in [4.69, 9.17) is 27.9 Å². The van der Waals surface area contributed by atoms with Crippen molar-refractivity contribution in [1.82, 2.24) is 0 Å². The second-order valence-electron chi connectivity index (χ2n) is 5.58. The van der Waals surface area contributed by atoms with Gasteiger partial charge in [0.1, 0.15) is 6.61 Å². The summed E-state index contributed by atoms with van der Waals surface area (Å²) in [6.45, 7) is 0.0412. The minimum Gasteiger partial charge on any atom is -0.457 e. The van der Waals surface area contributed by atoms with Gasteiger partial charge in [-0.25, -0.2) is 4.79 Å². The maximum absolute atomic E-state index is 12.4. The molecule has 0 radical (unpaired) electrons. The number of rotatable bonds is 5. The normalized spacial score (nSPS) is 10.4. The third kappa shape index (κ3) is 4.31. The van der Waals surface area contributed by atoms with Crippen LogP contribution in [0.5, 0.6) is 0 Å². The molecule has 0 aliphatic rings. The molecular formula is C21H14Cl2O3. The van der Waals surface area contributed by atoms with Crippen molar-refractivity contribution < 1.29 is 14.3 Å². The Morgan fingerprint density at radius 1 is 0.769 bits per heavy atom. The first-order valence-electron chi connectivity index (χ1n) is 7.85. The molecule has 26 heavy (non-hydrogen) atoms. The van der Waals surface area contributed by atoms with Gasteiger partial charge in [0.25, 0.3) is 0 Å². The van der Waals surface area contributed by atoms with Crippen LogP contribution in [-0.2, 0) is 11.3 Å². The number of esters is 1. The van der Waals surface area contributed by atoms with Crippen LogP contribution in [-0.4, -0.2) is 11.8 Å². The van der Waals surface area contributed by atoms with E-state index in [1.807, 2.05) is 6.07 Å². The standard InChI is InChI=1S/C21H14Cl2O3/c22-18-11-10-17(19(23)12-18)13-26-21(25)16-8-6-15(7-9-16)20(24)14-4-2-1-3-5-14/h1-12H,13H2. The third-order valence-corrected chi connectivity index (χ3v) is 4.38. The lowest BCUT2D eigenvalue weighted by Gasteiger charge is -2.07. The van der Waals surface area contributed by atoms with Crippen molar-refractivity contribution in [3.05, 3.63) is 105 Å². The van der Waals surface area contributed by atoms with Gasteiger partial charge in [-0.15, -0.1) is 0 Å². The highest BCUT2D eigenvalue weighted by Crippen LogP contribution is 2.22. The maximum Gasteiger partial charge on any atom is 0.338 e. The molecule has 0 heterocycles. The van der Waals surface area contributed by atoms with Gasteiger partial charge in [0, 0.05) is 26.7 Å². The van der Waals surface area contributed by atoms with Gasteiger partial charge >= 0.3 is 5.97 Å². The van der Waals surface area contributed by atoms with E-state index >= 15 is 0 Å². The lowest BCUT2D eigenvalue weighted by atomic mass is 10.0. The highest BCUT2D eigenvalue weighted by molar-refractivity contribution is 6.35. The molecule has 0 aliphatic carbocycles. The average Bonchev–Trinajstić information content (AvgIpc) is 2.67. The number of hydrogen-bond donors (Lipinski definition) is 0. The monoisotopic (exact) mass is 384 g/mol. The van der Waals surface area contributed by atoms with Crippen molar-refractivity contribution in [2.75, 3.05) is 0 Å². The second-order valence-corrected chi connectivity index (χ2v) is 6.43. The number of hydrogen-bond acceptors (Lipinski definition) is 3. The second kappa shape index (κ2) is 8.17. The SMILES string of the molecule is O=C(OCc1ccc(Cl)cc1Cl)c1ccc(C(=O)c2ccccc2)cc1. The van der Waals surface area contributed by atoms with Gasteiger partial charge in [-0.3, -0.25) is 4.79 Å². The summed E-state index contributed by atoms with van der Waals surface area (Å²) < 4.78 is 5.27. The number of ether oxygens (including phenoxy) is 1. The summed E-state index contributed by atoms with van der Waals surface area (Å²) in [5.74, 6) is -0.590. The Bertz CT molecular complexity index is 935. The van der Waals surface area contributed by atoms with Gasteiger partial charge in [0.05, 0.1) is 5.56 Å². The molecule has 0 spiro atoms. The van der Waals surface area contributed by atoms with Gasteiger partial charge in [0.15, 0.2) is 5.78 Å². The minimum atomic E-state index is -0.491. The molecule has 0 N–H and O–H groups in total. The molecule has 0 aliphatic heterocycles. The highest BCUT2D eigenvalue weighted by Gasteiger charge is 2.12. The van der Waals surface area contributed by atoms with E-state index < -0.39 is 5.97 Å². The Morgan fingerprint density at radius 2 is 1.38 bits per heavy atom. The predicted octanol–water partition coefficient (Wildman–Crippen LogP) is 5.58. The molecule has 0 saturated heterocycles. The van der Waals surface area contributed by atoms with Crippen LogP contribution in [0.3, 0.4) is 0 Å². The molecule has 0 amide bonds. The Kier molecular flexibility index (Phi) is 5.71. The summed E-state index contributed by atoms with van der Waals surface area (Å²) in [7, 11) is 0. The van der Waals surface area contributed by atoms with Crippen LogP contribution in [0, 0.1) is 0 Å². The first kappa shape index (κ1) is 18.2. The molecule has 130 valence electrons. The van der Waals surface area contributed by atoms with Crippen LogP contribution in [0.1, 0.15) is 31.8 Å². The van der Waals surface area contributed by atoms with E-state index in [1.165, 1.54) is 0 Å². The Morgan fingerprint density at radius 3 is 2.04 bits per heavy atom. The largest absolute Gasteiger partial charge is 0.457 e. The van der Waals surface area contributed by atoms with Crippen molar-refractivity contribution in [2.24, 2.45) is 0 Å². The Balaban J connectivity index is 1.66. The smallest absolute Gasteiger partial charge is 0.338 e. The molecule has 0 bridgehead atoms. The van der Waals surface area contributed by atoms with Crippen LogP contribution in [0.25, 0.3) is 0 Å². The molecule has 5 heteroatoms. The van der Waals surface area contributed by atoms with Gasteiger partial charge in [-0.05, 0) is 24.3 Å². The molecule has 3 nitrogen and oxygen atoms in total. The number of benzene rings is 3. The summed E-state index contributed by atoms with van der Waals surface area (Å²) in [5.41, 5.74) is 2.13. The molecular weight excluding hydrogens is 371 g/mol. The molecule has 0 atom stereocenters. The lowest BCUT2D eigenvalue weighted by Crippen LogP contribution is -2.07. The molecule has 0 aromatic heterocycles. The van der Waals surface area contributed by atoms with Crippen LogP contribution in [0.15, 0.2) is 72.8 Å². The fourth-order valence-corrected chi connectivity index (χ4v) is 2.84. The van der Waals surface area contributed by atoms with Crippen molar-refractivity contribution in [3.8, 4) is 0 Å². The first-order chi connectivity index (χ1) is 12.5. The average molecular weight is 385 g/mol. The third-order valence-electron chi connectivity index (χ3n) is 3.79. The summed E-state index contributed by atoms with van der Waals surface area (Å²) in [6, 6.07) is 20.3. The van der Waals surface area contributed by atoms with E-state index in [-0.39, 0.29) is 12.4 Å². The molecule has 0 saturated carbocycles. The fourth-order valence-electron chi connectivity index (χ4n) is 2.38. The zero-order chi connectivity index (χ0) is 18.5. The zero-order valence-corrected chi connectivity index (χ0v) is 15.1. The van der Waals surface area contributed by atoms with E-state index in [1.54, 1.807) is 66.7 Å². The van der Waals surface area contributed by atoms with Gasteiger partial charge in [0.2, 0.25) is 0 Å². The topological polar surface area (TPSA) is 43.4 Å². The number of carbonyl (C=O) groups is 2. The van der Waals surface area contributed by atoms with Gasteiger partial charge in [-0.2, -0.15) is 0 Å². The number of ketones is 1. The molecule has 3 aromatic carbocycles. The van der Waals surface area contributed by atoms with Gasteiger partial charge < -0.3 is 4.74 Å². The van der Waals surface area contributed by atoms with Crippen molar-refractivity contribution in [3.63, 3.8) is 0 Å². The molecule has 3 rings (SSSR count). The quantitative estimate of drug-likeness (QED) is 0.425. The van der Waals surface area contributed by atoms with Crippen molar-refractivity contribution in [2.45, 2.75) is 6.61 Å². The fraction of sp³-hybridized carbons (Fsp3) is 0.0476. The summed E-state index contributed by atoms with van der Waals surface area (Å²) in [6.07, 6.45) is 0. The first-order valence-corrected chi connectivity index (χ1v) is 8.61. The van der Waals surface area contributed by atoms with Crippen molar-refractivity contribution >= 4 is 35.0 Å². The lowest BCUT2D eigenvalue weighted by molar-refractivity contribution is 0.0472. The molecule has 0 unspecified atom stereocenters. The van der Waals surface area contributed by atoms with E-state index in [0.29, 0.717) is 32.3 Å². The van der Waals surface area contributed by atoms with Crippen LogP contribution < -0.4 is 0 Å².